The smallest absolute Gasteiger partial charge is 0.0329 e. The quantitative estimate of drug-likeness (QED) is 0.881. The average Bonchev–Trinajstić information content (AvgIpc) is 2.38. The highest BCUT2D eigenvalue weighted by atomic mass is 15.1. The minimum atomic E-state index is 0.478. The van der Waals surface area contributed by atoms with E-state index in [4.69, 9.17) is 0 Å². The van der Waals surface area contributed by atoms with Gasteiger partial charge in [-0.25, -0.2) is 0 Å². The fourth-order valence-electron chi connectivity index (χ4n) is 3.49. The third kappa shape index (κ3) is 4.32. The molecule has 0 bridgehead atoms. The normalized spacial score (nSPS) is 21.9. The topological polar surface area (TPSA) is 15.3 Å². The molecule has 0 radical (unpaired) electrons. The first-order valence-corrected chi connectivity index (χ1v) is 8.06. The Morgan fingerprint density at radius 3 is 2.55 bits per heavy atom. The lowest BCUT2D eigenvalue weighted by Gasteiger charge is -2.32. The van der Waals surface area contributed by atoms with Crippen molar-refractivity contribution in [2.75, 3.05) is 26.7 Å². The molecule has 1 aliphatic rings. The van der Waals surface area contributed by atoms with Gasteiger partial charge in [-0.15, -0.1) is 0 Å². The molecular weight excluding hydrogens is 244 g/mol. The highest BCUT2D eigenvalue weighted by Gasteiger charge is 2.18. The predicted octanol–water partition coefficient (Wildman–Crippen LogP) is 3.69. The van der Waals surface area contributed by atoms with Gasteiger partial charge in [-0.1, -0.05) is 36.2 Å². The van der Waals surface area contributed by atoms with Gasteiger partial charge in [0.05, 0.1) is 0 Å². The van der Waals surface area contributed by atoms with E-state index in [9.17, 15) is 0 Å². The minimum absolute atomic E-state index is 0.478. The van der Waals surface area contributed by atoms with Gasteiger partial charge in [-0.3, -0.25) is 0 Å². The van der Waals surface area contributed by atoms with Crippen molar-refractivity contribution in [3.63, 3.8) is 0 Å². The van der Waals surface area contributed by atoms with Crippen LogP contribution in [0.25, 0.3) is 0 Å². The van der Waals surface area contributed by atoms with Crippen molar-refractivity contribution in [3.8, 4) is 0 Å². The number of likely N-dealkylation sites (tertiary alicyclic amines) is 1. The Morgan fingerprint density at radius 1 is 1.25 bits per heavy atom. The summed E-state index contributed by atoms with van der Waals surface area (Å²) in [6, 6.07) is 7.38. The molecule has 20 heavy (non-hydrogen) atoms. The van der Waals surface area contributed by atoms with Crippen LogP contribution < -0.4 is 5.32 Å². The molecule has 1 fully saturated rings. The molecule has 0 spiro atoms. The number of piperidine rings is 1. The van der Waals surface area contributed by atoms with Crippen molar-refractivity contribution in [2.45, 2.75) is 46.1 Å². The van der Waals surface area contributed by atoms with Crippen LogP contribution in [0.1, 0.15) is 48.9 Å². The molecule has 1 N–H and O–H groups in total. The first-order chi connectivity index (χ1) is 9.58. The third-order valence-electron chi connectivity index (χ3n) is 4.47. The molecule has 112 valence electrons. The van der Waals surface area contributed by atoms with E-state index in [1.807, 2.05) is 0 Å². The zero-order valence-corrected chi connectivity index (χ0v) is 13.6. The van der Waals surface area contributed by atoms with Crippen LogP contribution >= 0.6 is 0 Å². The average molecular weight is 274 g/mol. The van der Waals surface area contributed by atoms with E-state index in [1.165, 1.54) is 55.6 Å². The van der Waals surface area contributed by atoms with Gasteiger partial charge in [-0.2, -0.15) is 0 Å². The standard InChI is InChI=1S/C18H30N2/c1-14-6-5-8-20(13-14)9-7-18(19-4)17-11-15(2)10-16(3)12-17/h10-12,14,18-19H,5-9,13H2,1-4H3. The Balaban J connectivity index is 1.94. The maximum atomic E-state index is 3.50. The number of hydrogen-bond acceptors (Lipinski definition) is 2. The predicted molar refractivity (Wildman–Crippen MR) is 87.2 cm³/mol. The van der Waals surface area contributed by atoms with Gasteiger partial charge in [0.25, 0.3) is 0 Å². The number of benzene rings is 1. The van der Waals surface area contributed by atoms with Crippen molar-refractivity contribution < 1.29 is 0 Å². The largest absolute Gasteiger partial charge is 0.313 e. The molecule has 1 aromatic carbocycles. The number of rotatable bonds is 5. The second kappa shape index (κ2) is 7.24. The first-order valence-electron chi connectivity index (χ1n) is 8.06. The molecule has 1 saturated heterocycles. The Kier molecular flexibility index (Phi) is 5.62. The summed E-state index contributed by atoms with van der Waals surface area (Å²) in [5, 5.41) is 3.50. The molecule has 1 heterocycles. The van der Waals surface area contributed by atoms with E-state index in [0.29, 0.717) is 6.04 Å². The van der Waals surface area contributed by atoms with Crippen molar-refractivity contribution in [2.24, 2.45) is 5.92 Å². The van der Waals surface area contributed by atoms with Crippen LogP contribution in [-0.2, 0) is 0 Å². The van der Waals surface area contributed by atoms with Gasteiger partial charge in [-0.05, 0) is 64.7 Å². The van der Waals surface area contributed by atoms with Gasteiger partial charge in [0.1, 0.15) is 0 Å². The molecule has 0 aromatic heterocycles. The lowest BCUT2D eigenvalue weighted by molar-refractivity contribution is 0.176. The van der Waals surface area contributed by atoms with Crippen LogP contribution in [0.15, 0.2) is 18.2 Å². The molecule has 2 nitrogen and oxygen atoms in total. The fourth-order valence-corrected chi connectivity index (χ4v) is 3.49. The number of nitrogens with one attached hydrogen (secondary N) is 1. The van der Waals surface area contributed by atoms with E-state index in [1.54, 1.807) is 0 Å². The highest BCUT2D eigenvalue weighted by Crippen LogP contribution is 2.22. The zero-order chi connectivity index (χ0) is 14.5. The minimum Gasteiger partial charge on any atom is -0.313 e. The Hall–Kier alpha value is -0.860. The number of aryl methyl sites for hydroxylation is 2. The second-order valence-corrected chi connectivity index (χ2v) is 6.60. The number of hydrogen-bond donors (Lipinski definition) is 1. The molecule has 1 aliphatic heterocycles. The molecular formula is C18H30N2. The van der Waals surface area contributed by atoms with Crippen LogP contribution in [0.3, 0.4) is 0 Å². The van der Waals surface area contributed by atoms with E-state index in [2.05, 4.69) is 56.2 Å². The van der Waals surface area contributed by atoms with Crippen LogP contribution in [0.2, 0.25) is 0 Å². The summed E-state index contributed by atoms with van der Waals surface area (Å²) in [5.41, 5.74) is 4.17. The molecule has 0 amide bonds. The highest BCUT2D eigenvalue weighted by molar-refractivity contribution is 5.30. The van der Waals surface area contributed by atoms with E-state index in [0.717, 1.165) is 5.92 Å². The summed E-state index contributed by atoms with van der Waals surface area (Å²) in [5.74, 6) is 0.873. The molecule has 2 atom stereocenters. The van der Waals surface area contributed by atoms with Gasteiger partial charge in [0.15, 0.2) is 0 Å². The monoisotopic (exact) mass is 274 g/mol. The zero-order valence-electron chi connectivity index (χ0n) is 13.6. The SMILES string of the molecule is CNC(CCN1CCCC(C)C1)c1cc(C)cc(C)c1. The molecule has 2 rings (SSSR count). The summed E-state index contributed by atoms with van der Waals surface area (Å²) >= 11 is 0. The number of nitrogens with zero attached hydrogens (tertiary/aromatic N) is 1. The molecule has 0 saturated carbocycles. The Morgan fingerprint density at radius 2 is 1.95 bits per heavy atom. The van der Waals surface area contributed by atoms with Crippen LogP contribution in [-0.4, -0.2) is 31.6 Å². The van der Waals surface area contributed by atoms with Crippen LogP contribution in [0.5, 0.6) is 0 Å². The summed E-state index contributed by atoms with van der Waals surface area (Å²) in [6.07, 6.45) is 3.98. The van der Waals surface area contributed by atoms with Gasteiger partial charge < -0.3 is 10.2 Å². The summed E-state index contributed by atoms with van der Waals surface area (Å²) < 4.78 is 0. The summed E-state index contributed by atoms with van der Waals surface area (Å²) in [7, 11) is 2.08. The molecule has 0 aliphatic carbocycles. The van der Waals surface area contributed by atoms with E-state index >= 15 is 0 Å². The van der Waals surface area contributed by atoms with Gasteiger partial charge >= 0.3 is 0 Å². The van der Waals surface area contributed by atoms with E-state index < -0.39 is 0 Å². The van der Waals surface area contributed by atoms with Gasteiger partial charge in [0, 0.05) is 12.6 Å². The molecule has 1 aromatic rings. The Labute approximate surface area is 124 Å². The Bertz CT molecular complexity index is 407. The summed E-state index contributed by atoms with van der Waals surface area (Å²) in [6.45, 7) is 10.5. The van der Waals surface area contributed by atoms with Crippen LogP contribution in [0, 0.1) is 19.8 Å². The van der Waals surface area contributed by atoms with Crippen LogP contribution in [0.4, 0.5) is 0 Å². The van der Waals surface area contributed by atoms with Crippen molar-refractivity contribution in [1.82, 2.24) is 10.2 Å². The third-order valence-corrected chi connectivity index (χ3v) is 4.47. The lowest BCUT2D eigenvalue weighted by Crippen LogP contribution is -2.36. The van der Waals surface area contributed by atoms with Gasteiger partial charge in [0.2, 0.25) is 0 Å². The first kappa shape index (κ1) is 15.5. The summed E-state index contributed by atoms with van der Waals surface area (Å²) in [4.78, 5) is 2.64. The maximum absolute atomic E-state index is 3.50. The lowest BCUT2D eigenvalue weighted by atomic mass is 9.97. The molecule has 2 heteroatoms. The van der Waals surface area contributed by atoms with Crippen molar-refractivity contribution in [3.05, 3.63) is 34.9 Å². The molecule has 2 unspecified atom stereocenters. The van der Waals surface area contributed by atoms with E-state index in [-0.39, 0.29) is 0 Å². The fraction of sp³-hybridized carbons (Fsp3) is 0.667. The van der Waals surface area contributed by atoms with Crippen molar-refractivity contribution in [1.29, 1.82) is 0 Å². The maximum Gasteiger partial charge on any atom is 0.0329 e. The second-order valence-electron chi connectivity index (χ2n) is 6.60. The van der Waals surface area contributed by atoms with Crippen molar-refractivity contribution >= 4 is 0 Å².